The molecule has 1 amide bonds. The topological polar surface area (TPSA) is 162 Å². The molecule has 0 aliphatic carbocycles. The molecule has 1 fully saturated rings. The van der Waals surface area contributed by atoms with Crippen LogP contribution in [0.15, 0.2) is 29.1 Å². The summed E-state index contributed by atoms with van der Waals surface area (Å²) in [6.45, 7) is 13.0. The Bertz CT molecular complexity index is 1730. The van der Waals surface area contributed by atoms with Gasteiger partial charge in [0.2, 0.25) is 0 Å². The van der Waals surface area contributed by atoms with Crippen LogP contribution in [0.2, 0.25) is 0 Å². The van der Waals surface area contributed by atoms with E-state index in [0.29, 0.717) is 49.9 Å². The van der Waals surface area contributed by atoms with E-state index in [0.717, 1.165) is 62.5 Å². The van der Waals surface area contributed by atoms with Gasteiger partial charge in [-0.2, -0.15) is 9.97 Å². The Morgan fingerprint density at radius 3 is 2.43 bits per heavy atom. The summed E-state index contributed by atoms with van der Waals surface area (Å²) in [6.07, 6.45) is 3.57. The summed E-state index contributed by atoms with van der Waals surface area (Å²) in [6, 6.07) is 8.53. The third kappa shape index (κ3) is 7.01. The minimum atomic E-state index is -0.526. The SMILES string of the molecule is CCCCOc1nc(N)c2[nH]c(=O)n(Cc3ccc(CN4CCC(c5nnc6n5CCN(C(=O)OC(C)(C)C)C6)CC4)cc3)c2n1. The van der Waals surface area contributed by atoms with Crippen molar-refractivity contribution in [3.8, 4) is 6.01 Å². The number of nitrogens with one attached hydrogen (secondary N) is 1. The smallest absolute Gasteiger partial charge is 0.410 e. The van der Waals surface area contributed by atoms with Crippen LogP contribution in [0.25, 0.3) is 11.2 Å². The summed E-state index contributed by atoms with van der Waals surface area (Å²) in [4.78, 5) is 40.9. The Labute approximate surface area is 267 Å². The van der Waals surface area contributed by atoms with Gasteiger partial charge in [-0.05, 0) is 64.3 Å². The number of unbranched alkanes of at least 4 members (excludes halogenated alkanes) is 1. The van der Waals surface area contributed by atoms with Crippen molar-refractivity contribution in [3.05, 3.63) is 57.5 Å². The predicted octanol–water partition coefficient (Wildman–Crippen LogP) is 3.65. The molecule has 1 aromatic carbocycles. The highest BCUT2D eigenvalue weighted by molar-refractivity contribution is 5.82. The van der Waals surface area contributed by atoms with Gasteiger partial charge in [0.25, 0.3) is 0 Å². The molecule has 0 atom stereocenters. The van der Waals surface area contributed by atoms with Gasteiger partial charge in [0, 0.05) is 25.6 Å². The van der Waals surface area contributed by atoms with Crippen molar-refractivity contribution >= 4 is 23.1 Å². The number of carbonyl (C=O) groups excluding carboxylic acids is 1. The molecule has 14 nitrogen and oxygen atoms in total. The summed E-state index contributed by atoms with van der Waals surface area (Å²) < 4.78 is 15.0. The van der Waals surface area contributed by atoms with Gasteiger partial charge >= 0.3 is 17.8 Å². The van der Waals surface area contributed by atoms with Crippen LogP contribution < -0.4 is 16.2 Å². The van der Waals surface area contributed by atoms with E-state index in [2.05, 4.69) is 65.8 Å². The number of hydrogen-bond acceptors (Lipinski definition) is 10. The number of H-pyrrole nitrogens is 1. The predicted molar refractivity (Wildman–Crippen MR) is 172 cm³/mol. The number of imidazole rings is 1. The number of amides is 1. The highest BCUT2D eigenvalue weighted by Crippen LogP contribution is 2.30. The first kappa shape index (κ1) is 31.5. The molecule has 0 spiro atoms. The normalized spacial score (nSPS) is 16.1. The summed E-state index contributed by atoms with van der Waals surface area (Å²) in [7, 11) is 0. The van der Waals surface area contributed by atoms with E-state index in [1.807, 2.05) is 20.8 Å². The number of fused-ring (bicyclic) bond motifs is 2. The molecule has 3 N–H and O–H groups in total. The Balaban J connectivity index is 1.03. The Morgan fingerprint density at radius 2 is 1.74 bits per heavy atom. The molecule has 6 rings (SSSR count). The van der Waals surface area contributed by atoms with Crippen LogP contribution >= 0.6 is 0 Å². The van der Waals surface area contributed by atoms with E-state index in [-0.39, 0.29) is 23.6 Å². The van der Waals surface area contributed by atoms with Crippen molar-refractivity contribution in [1.82, 2.24) is 44.1 Å². The number of ether oxygens (including phenoxy) is 2. The average molecular weight is 633 g/mol. The highest BCUT2D eigenvalue weighted by Gasteiger charge is 2.31. The minimum absolute atomic E-state index is 0.180. The lowest BCUT2D eigenvalue weighted by Crippen LogP contribution is -2.42. The number of nitrogen functional groups attached to an aromatic ring is 1. The number of aromatic nitrogens is 7. The van der Waals surface area contributed by atoms with Gasteiger partial charge in [0.15, 0.2) is 17.3 Å². The largest absolute Gasteiger partial charge is 0.463 e. The number of anilines is 1. The molecule has 1 saturated heterocycles. The molecule has 0 saturated carbocycles. The zero-order chi connectivity index (χ0) is 32.4. The summed E-state index contributed by atoms with van der Waals surface area (Å²) in [5, 5.41) is 8.99. The molecular formula is C32H44N10O4. The van der Waals surface area contributed by atoms with Crippen molar-refractivity contribution in [2.24, 2.45) is 0 Å². The second-order valence-corrected chi connectivity index (χ2v) is 13.2. The Hall–Kier alpha value is -4.46. The van der Waals surface area contributed by atoms with Crippen molar-refractivity contribution in [1.29, 1.82) is 0 Å². The fourth-order valence-corrected chi connectivity index (χ4v) is 6.05. The maximum absolute atomic E-state index is 12.8. The van der Waals surface area contributed by atoms with Gasteiger partial charge in [-0.25, -0.2) is 9.59 Å². The van der Waals surface area contributed by atoms with Gasteiger partial charge in [0.1, 0.15) is 16.9 Å². The fraction of sp³-hybridized carbons (Fsp3) is 0.562. The van der Waals surface area contributed by atoms with Gasteiger partial charge in [0.05, 0.1) is 19.7 Å². The average Bonchev–Trinajstić information content (AvgIpc) is 3.58. The molecule has 46 heavy (non-hydrogen) atoms. The van der Waals surface area contributed by atoms with Crippen LogP contribution in [0.3, 0.4) is 0 Å². The molecule has 2 aliphatic rings. The second-order valence-electron chi connectivity index (χ2n) is 13.2. The second kappa shape index (κ2) is 13.1. The summed E-state index contributed by atoms with van der Waals surface area (Å²) in [5.74, 6) is 2.39. The van der Waals surface area contributed by atoms with Crippen molar-refractivity contribution in [2.45, 2.75) is 91.1 Å². The lowest BCUT2D eigenvalue weighted by molar-refractivity contribution is 0.0193. The molecule has 3 aromatic heterocycles. The van der Waals surface area contributed by atoms with E-state index < -0.39 is 5.60 Å². The van der Waals surface area contributed by atoms with Gasteiger partial charge in [-0.15, -0.1) is 10.2 Å². The zero-order valence-corrected chi connectivity index (χ0v) is 27.2. The number of rotatable bonds is 9. The number of likely N-dealkylation sites (tertiary alicyclic amines) is 1. The van der Waals surface area contributed by atoms with E-state index in [4.69, 9.17) is 15.2 Å². The first-order valence-corrected chi connectivity index (χ1v) is 16.2. The number of aromatic amines is 1. The number of carbonyl (C=O) groups is 1. The van der Waals surface area contributed by atoms with E-state index in [1.165, 1.54) is 5.56 Å². The molecule has 14 heteroatoms. The minimum Gasteiger partial charge on any atom is -0.463 e. The molecule has 0 unspecified atom stereocenters. The number of nitrogens with two attached hydrogens (primary N) is 1. The molecule has 4 aromatic rings. The van der Waals surface area contributed by atoms with Crippen LogP contribution in [0.1, 0.15) is 82.1 Å². The first-order chi connectivity index (χ1) is 22.1. The molecular weight excluding hydrogens is 588 g/mol. The number of benzene rings is 1. The molecule has 0 bridgehead atoms. The molecule has 246 valence electrons. The number of hydrogen-bond donors (Lipinski definition) is 2. The van der Waals surface area contributed by atoms with E-state index in [9.17, 15) is 9.59 Å². The van der Waals surface area contributed by atoms with Crippen LogP contribution in [0, 0.1) is 0 Å². The first-order valence-electron chi connectivity index (χ1n) is 16.2. The van der Waals surface area contributed by atoms with Crippen molar-refractivity contribution in [2.75, 3.05) is 32.0 Å². The Morgan fingerprint density at radius 1 is 1.02 bits per heavy atom. The van der Waals surface area contributed by atoms with Gasteiger partial charge in [-0.1, -0.05) is 37.6 Å². The molecule has 2 aliphatic heterocycles. The summed E-state index contributed by atoms with van der Waals surface area (Å²) in [5.41, 5.74) is 8.34. The van der Waals surface area contributed by atoms with Gasteiger partial charge in [-0.3, -0.25) is 14.4 Å². The third-order valence-corrected chi connectivity index (χ3v) is 8.52. The van der Waals surface area contributed by atoms with Gasteiger partial charge < -0.3 is 24.8 Å². The van der Waals surface area contributed by atoms with Crippen LogP contribution in [-0.2, 0) is 30.9 Å². The van der Waals surface area contributed by atoms with E-state index >= 15 is 0 Å². The number of piperidine rings is 1. The van der Waals surface area contributed by atoms with Crippen LogP contribution in [-0.4, -0.2) is 82.0 Å². The zero-order valence-electron chi connectivity index (χ0n) is 27.2. The third-order valence-electron chi connectivity index (χ3n) is 8.52. The van der Waals surface area contributed by atoms with Crippen LogP contribution in [0.4, 0.5) is 10.6 Å². The quantitative estimate of drug-likeness (QED) is 0.261. The number of nitrogens with zero attached hydrogens (tertiary/aromatic N) is 8. The lowest BCUT2D eigenvalue weighted by atomic mass is 9.95. The molecule has 0 radical (unpaired) electrons. The van der Waals surface area contributed by atoms with Crippen molar-refractivity contribution < 1.29 is 14.3 Å². The fourth-order valence-electron chi connectivity index (χ4n) is 6.05. The lowest BCUT2D eigenvalue weighted by Gasteiger charge is -2.33. The molecule has 5 heterocycles. The van der Waals surface area contributed by atoms with Crippen molar-refractivity contribution in [3.63, 3.8) is 0 Å². The van der Waals surface area contributed by atoms with E-state index in [1.54, 1.807) is 9.47 Å². The standard InChI is InChI=1S/C32H44N10O4/c1-5-6-17-45-29-35-26(33)25-28(36-29)42(30(43)34-25)19-22-9-7-21(8-10-22)18-39-13-11-23(12-14-39)27-38-37-24-20-40(15-16-41(24)27)31(44)46-32(2,3)4/h7-10,23H,5-6,11-20H2,1-4H3,(H,34,43)(H2,33,35,36). The maximum atomic E-state index is 12.8. The summed E-state index contributed by atoms with van der Waals surface area (Å²) >= 11 is 0. The van der Waals surface area contributed by atoms with Crippen LogP contribution in [0.5, 0.6) is 6.01 Å². The maximum Gasteiger partial charge on any atom is 0.410 e. The monoisotopic (exact) mass is 632 g/mol. The highest BCUT2D eigenvalue weighted by atomic mass is 16.6. The Kier molecular flexibility index (Phi) is 8.98.